The maximum absolute atomic E-state index is 5.93. The lowest BCUT2D eigenvalue weighted by atomic mass is 9.97. The van der Waals surface area contributed by atoms with E-state index in [1.165, 1.54) is 21.9 Å². The van der Waals surface area contributed by atoms with Crippen LogP contribution < -0.4 is 5.73 Å². The molecule has 0 fully saturated rings. The fraction of sp³-hybridized carbons (Fsp3) is 0.231. The van der Waals surface area contributed by atoms with Gasteiger partial charge in [-0.15, -0.1) is 0 Å². The van der Waals surface area contributed by atoms with Crippen LogP contribution in [-0.4, -0.2) is 0 Å². The summed E-state index contributed by atoms with van der Waals surface area (Å²) < 4.78 is 0. The number of hydrogen-bond donors (Lipinski definition) is 1. The zero-order chi connectivity index (χ0) is 10.1. The standard InChI is InChI=1S/C13H15N/c1-9-7-8-12(10(2)14)13-6-4-3-5-11(9)13/h3-8,10H,14H2,1-2H3. The predicted octanol–water partition coefficient (Wildman–Crippen LogP) is 3.17. The van der Waals surface area contributed by atoms with Gasteiger partial charge >= 0.3 is 0 Å². The fourth-order valence-electron chi connectivity index (χ4n) is 1.87. The van der Waals surface area contributed by atoms with E-state index in [0.717, 1.165) is 0 Å². The minimum Gasteiger partial charge on any atom is -0.324 e. The van der Waals surface area contributed by atoms with Crippen LogP contribution in [0, 0.1) is 6.92 Å². The van der Waals surface area contributed by atoms with Gasteiger partial charge in [0.15, 0.2) is 0 Å². The molecule has 2 rings (SSSR count). The average molecular weight is 185 g/mol. The minimum atomic E-state index is 0.0977. The van der Waals surface area contributed by atoms with Crippen LogP contribution in [-0.2, 0) is 0 Å². The van der Waals surface area contributed by atoms with Gasteiger partial charge < -0.3 is 5.73 Å². The van der Waals surface area contributed by atoms with Gasteiger partial charge in [0.25, 0.3) is 0 Å². The van der Waals surface area contributed by atoms with Crippen molar-refractivity contribution in [1.82, 2.24) is 0 Å². The van der Waals surface area contributed by atoms with Crippen LogP contribution in [0.15, 0.2) is 36.4 Å². The van der Waals surface area contributed by atoms with Gasteiger partial charge in [0.05, 0.1) is 0 Å². The Morgan fingerprint density at radius 1 is 1.00 bits per heavy atom. The van der Waals surface area contributed by atoms with Gasteiger partial charge in [0.1, 0.15) is 0 Å². The van der Waals surface area contributed by atoms with Crippen molar-refractivity contribution >= 4 is 10.8 Å². The van der Waals surface area contributed by atoms with Crippen LogP contribution in [0.5, 0.6) is 0 Å². The highest BCUT2D eigenvalue weighted by Gasteiger charge is 2.05. The quantitative estimate of drug-likeness (QED) is 0.725. The van der Waals surface area contributed by atoms with Crippen LogP contribution >= 0.6 is 0 Å². The lowest BCUT2D eigenvalue weighted by molar-refractivity contribution is 0.826. The fourth-order valence-corrected chi connectivity index (χ4v) is 1.87. The third kappa shape index (κ3) is 1.40. The Hall–Kier alpha value is -1.34. The zero-order valence-electron chi connectivity index (χ0n) is 8.62. The van der Waals surface area contributed by atoms with E-state index >= 15 is 0 Å². The molecule has 0 amide bonds. The highest BCUT2D eigenvalue weighted by Crippen LogP contribution is 2.25. The molecule has 1 nitrogen and oxygen atoms in total. The molecule has 1 unspecified atom stereocenters. The normalized spacial score (nSPS) is 13.1. The number of aryl methyl sites for hydroxylation is 1. The predicted molar refractivity (Wildman–Crippen MR) is 61.3 cm³/mol. The molecule has 0 aliphatic heterocycles. The number of benzene rings is 2. The van der Waals surface area contributed by atoms with Crippen molar-refractivity contribution < 1.29 is 0 Å². The maximum Gasteiger partial charge on any atom is 0.0272 e. The molecule has 2 aromatic carbocycles. The molecule has 0 radical (unpaired) electrons. The summed E-state index contributed by atoms with van der Waals surface area (Å²) in [6.07, 6.45) is 0. The van der Waals surface area contributed by atoms with E-state index in [9.17, 15) is 0 Å². The van der Waals surface area contributed by atoms with Crippen molar-refractivity contribution in [1.29, 1.82) is 0 Å². The largest absolute Gasteiger partial charge is 0.324 e. The number of hydrogen-bond acceptors (Lipinski definition) is 1. The Balaban J connectivity index is 2.82. The summed E-state index contributed by atoms with van der Waals surface area (Å²) in [7, 11) is 0. The molecule has 1 heteroatoms. The molecule has 0 aromatic heterocycles. The van der Waals surface area contributed by atoms with Gasteiger partial charge in [-0.1, -0.05) is 36.4 Å². The van der Waals surface area contributed by atoms with E-state index in [0.29, 0.717) is 0 Å². The Kier molecular flexibility index (Phi) is 2.26. The van der Waals surface area contributed by atoms with Gasteiger partial charge in [-0.3, -0.25) is 0 Å². The van der Waals surface area contributed by atoms with Crippen molar-refractivity contribution in [3.05, 3.63) is 47.5 Å². The Morgan fingerprint density at radius 2 is 1.64 bits per heavy atom. The first kappa shape index (κ1) is 9.22. The Bertz CT molecular complexity index is 458. The molecule has 1 atom stereocenters. The summed E-state index contributed by atoms with van der Waals surface area (Å²) in [6.45, 7) is 4.16. The first-order valence-corrected chi connectivity index (χ1v) is 4.94. The van der Waals surface area contributed by atoms with Crippen molar-refractivity contribution in [3.8, 4) is 0 Å². The van der Waals surface area contributed by atoms with Crippen LogP contribution in [0.25, 0.3) is 10.8 Å². The third-order valence-electron chi connectivity index (χ3n) is 2.67. The Labute approximate surface area is 84.5 Å². The maximum atomic E-state index is 5.93. The highest BCUT2D eigenvalue weighted by molar-refractivity contribution is 5.88. The molecular weight excluding hydrogens is 170 g/mol. The van der Waals surface area contributed by atoms with E-state index in [-0.39, 0.29) is 6.04 Å². The van der Waals surface area contributed by atoms with E-state index in [1.54, 1.807) is 0 Å². The van der Waals surface area contributed by atoms with Gasteiger partial charge in [0, 0.05) is 6.04 Å². The average Bonchev–Trinajstić information content (AvgIpc) is 2.18. The van der Waals surface area contributed by atoms with Crippen molar-refractivity contribution in [2.75, 3.05) is 0 Å². The van der Waals surface area contributed by atoms with Crippen molar-refractivity contribution in [3.63, 3.8) is 0 Å². The smallest absolute Gasteiger partial charge is 0.0272 e. The van der Waals surface area contributed by atoms with E-state index < -0.39 is 0 Å². The summed E-state index contributed by atoms with van der Waals surface area (Å²) in [5.74, 6) is 0. The minimum absolute atomic E-state index is 0.0977. The second-order valence-electron chi connectivity index (χ2n) is 3.81. The third-order valence-corrected chi connectivity index (χ3v) is 2.67. The zero-order valence-corrected chi connectivity index (χ0v) is 8.62. The molecule has 0 aliphatic carbocycles. The van der Waals surface area contributed by atoms with Crippen LogP contribution in [0.3, 0.4) is 0 Å². The molecule has 0 heterocycles. The molecule has 14 heavy (non-hydrogen) atoms. The Morgan fingerprint density at radius 3 is 2.29 bits per heavy atom. The van der Waals surface area contributed by atoms with Crippen molar-refractivity contribution in [2.45, 2.75) is 19.9 Å². The summed E-state index contributed by atoms with van der Waals surface area (Å²) in [5, 5.41) is 2.59. The van der Waals surface area contributed by atoms with Gasteiger partial charge in [-0.05, 0) is 35.7 Å². The molecule has 0 aliphatic rings. The molecule has 0 spiro atoms. The monoisotopic (exact) mass is 185 g/mol. The molecule has 0 bridgehead atoms. The summed E-state index contributed by atoms with van der Waals surface area (Å²) in [5.41, 5.74) is 8.47. The molecule has 0 saturated heterocycles. The van der Waals surface area contributed by atoms with Crippen LogP contribution in [0.2, 0.25) is 0 Å². The summed E-state index contributed by atoms with van der Waals surface area (Å²) >= 11 is 0. The number of rotatable bonds is 1. The lowest BCUT2D eigenvalue weighted by Gasteiger charge is -2.11. The summed E-state index contributed by atoms with van der Waals surface area (Å²) in [4.78, 5) is 0. The second-order valence-corrected chi connectivity index (χ2v) is 3.81. The van der Waals surface area contributed by atoms with Gasteiger partial charge in [-0.25, -0.2) is 0 Å². The van der Waals surface area contributed by atoms with E-state index in [4.69, 9.17) is 5.73 Å². The molecular formula is C13H15N. The molecule has 2 N–H and O–H groups in total. The second kappa shape index (κ2) is 3.43. The van der Waals surface area contributed by atoms with Crippen molar-refractivity contribution in [2.24, 2.45) is 5.73 Å². The van der Waals surface area contributed by atoms with Crippen LogP contribution in [0.1, 0.15) is 24.1 Å². The topological polar surface area (TPSA) is 26.0 Å². The van der Waals surface area contributed by atoms with E-state index in [1.807, 2.05) is 6.92 Å². The first-order chi connectivity index (χ1) is 6.70. The first-order valence-electron chi connectivity index (χ1n) is 4.94. The van der Waals surface area contributed by atoms with E-state index in [2.05, 4.69) is 43.3 Å². The van der Waals surface area contributed by atoms with Gasteiger partial charge in [0.2, 0.25) is 0 Å². The van der Waals surface area contributed by atoms with Gasteiger partial charge in [-0.2, -0.15) is 0 Å². The SMILES string of the molecule is Cc1ccc(C(C)N)c2ccccc12. The molecule has 2 aromatic rings. The lowest BCUT2D eigenvalue weighted by Crippen LogP contribution is -2.05. The van der Waals surface area contributed by atoms with Crippen LogP contribution in [0.4, 0.5) is 0 Å². The molecule has 0 saturated carbocycles. The highest BCUT2D eigenvalue weighted by atomic mass is 14.6. The molecule has 72 valence electrons. The summed E-state index contributed by atoms with van der Waals surface area (Å²) in [6, 6.07) is 12.8. The number of nitrogens with two attached hydrogens (primary N) is 1. The number of fused-ring (bicyclic) bond motifs is 1.